The molecule has 4 rings (SSSR count). The van der Waals surface area contributed by atoms with Gasteiger partial charge in [-0.15, -0.1) is 0 Å². The predicted molar refractivity (Wildman–Crippen MR) is 83.1 cm³/mol. The molecule has 1 fully saturated rings. The summed E-state index contributed by atoms with van der Waals surface area (Å²) in [7, 11) is 0. The Bertz CT molecular complexity index is 747. The first-order valence-corrected chi connectivity index (χ1v) is 7.62. The number of ether oxygens (including phenoxy) is 1. The number of nitrogens with one attached hydrogen (secondary N) is 1. The Balaban J connectivity index is 1.99. The van der Waals surface area contributed by atoms with Crippen molar-refractivity contribution in [2.75, 3.05) is 13.1 Å². The van der Waals surface area contributed by atoms with Gasteiger partial charge in [-0.05, 0) is 55.8 Å². The molecule has 2 aliphatic heterocycles. The molecule has 3 nitrogen and oxygen atoms in total. The Kier molecular flexibility index (Phi) is 3.39. The van der Waals surface area contributed by atoms with E-state index < -0.39 is 0 Å². The Morgan fingerprint density at radius 3 is 2.82 bits per heavy atom. The van der Waals surface area contributed by atoms with Gasteiger partial charge in [-0.25, -0.2) is 4.39 Å². The molecule has 1 aromatic carbocycles. The topological polar surface area (TPSA) is 34.2 Å². The van der Waals surface area contributed by atoms with Crippen molar-refractivity contribution in [3.05, 3.63) is 64.7 Å². The predicted octanol–water partition coefficient (Wildman–Crippen LogP) is 3.30. The average Bonchev–Trinajstić information content (AvgIpc) is 2.72. The van der Waals surface area contributed by atoms with Crippen LogP contribution in [-0.4, -0.2) is 18.1 Å². The maximum Gasteiger partial charge on any atom is 0.131 e. The summed E-state index contributed by atoms with van der Waals surface area (Å²) in [5, 5.41) is 3.37. The van der Waals surface area contributed by atoms with Crippen LogP contribution < -0.4 is 10.1 Å². The van der Waals surface area contributed by atoms with Gasteiger partial charge >= 0.3 is 0 Å². The number of nitrogens with zero attached hydrogens (tertiary/aromatic N) is 1. The molecule has 0 unspecified atom stereocenters. The van der Waals surface area contributed by atoms with Crippen molar-refractivity contribution in [1.29, 1.82) is 0 Å². The van der Waals surface area contributed by atoms with Gasteiger partial charge in [0, 0.05) is 17.3 Å². The first-order chi connectivity index (χ1) is 10.8. The van der Waals surface area contributed by atoms with E-state index in [1.54, 1.807) is 18.3 Å². The van der Waals surface area contributed by atoms with Crippen LogP contribution in [0.3, 0.4) is 0 Å². The molecule has 1 aromatic heterocycles. The minimum atomic E-state index is -0.235. The van der Waals surface area contributed by atoms with Gasteiger partial charge in [0.15, 0.2) is 0 Å². The number of aromatic nitrogens is 1. The largest absolute Gasteiger partial charge is 0.487 e. The molecule has 0 amide bonds. The smallest absolute Gasteiger partial charge is 0.131 e. The van der Waals surface area contributed by atoms with Gasteiger partial charge in [0.05, 0.1) is 5.69 Å². The number of hydrogen-bond acceptors (Lipinski definition) is 3. The van der Waals surface area contributed by atoms with Gasteiger partial charge in [0.1, 0.15) is 18.2 Å². The van der Waals surface area contributed by atoms with Crippen LogP contribution in [0.15, 0.2) is 42.1 Å². The van der Waals surface area contributed by atoms with Crippen molar-refractivity contribution in [2.45, 2.75) is 19.4 Å². The maximum absolute atomic E-state index is 13.8. The summed E-state index contributed by atoms with van der Waals surface area (Å²) in [6, 6.07) is 8.76. The van der Waals surface area contributed by atoms with Crippen LogP contribution in [0.4, 0.5) is 4.39 Å². The van der Waals surface area contributed by atoms with Gasteiger partial charge in [-0.2, -0.15) is 0 Å². The first-order valence-electron chi connectivity index (χ1n) is 7.62. The van der Waals surface area contributed by atoms with Gasteiger partial charge in [0.25, 0.3) is 0 Å². The van der Waals surface area contributed by atoms with Crippen LogP contribution in [0.2, 0.25) is 0 Å². The third-order valence-corrected chi connectivity index (χ3v) is 4.30. The van der Waals surface area contributed by atoms with E-state index in [1.165, 1.54) is 11.6 Å². The number of halogens is 1. The SMILES string of the molecule is Fc1ccc2c(c1)C(=C1CCNCC1)c1cccnc1CO2. The Labute approximate surface area is 128 Å². The Hall–Kier alpha value is -2.20. The summed E-state index contributed by atoms with van der Waals surface area (Å²) in [5.41, 5.74) is 5.30. The van der Waals surface area contributed by atoms with Crippen molar-refractivity contribution < 1.29 is 9.13 Å². The lowest BCUT2D eigenvalue weighted by atomic mass is 9.88. The molecule has 1 N–H and O–H groups in total. The normalized spacial score (nSPS) is 17.3. The van der Waals surface area contributed by atoms with Gasteiger partial charge in [0.2, 0.25) is 0 Å². The van der Waals surface area contributed by atoms with E-state index in [-0.39, 0.29) is 5.82 Å². The second kappa shape index (κ2) is 5.54. The van der Waals surface area contributed by atoms with E-state index in [4.69, 9.17) is 4.74 Å². The minimum absolute atomic E-state index is 0.235. The quantitative estimate of drug-likeness (QED) is 0.810. The van der Waals surface area contributed by atoms with Crippen molar-refractivity contribution >= 4 is 5.57 Å². The number of fused-ring (bicyclic) bond motifs is 2. The maximum atomic E-state index is 13.8. The molecule has 0 atom stereocenters. The molecule has 3 heterocycles. The second-order valence-corrected chi connectivity index (χ2v) is 5.66. The van der Waals surface area contributed by atoms with E-state index in [2.05, 4.69) is 16.4 Å². The highest BCUT2D eigenvalue weighted by atomic mass is 19.1. The number of pyridine rings is 1. The van der Waals surface area contributed by atoms with Gasteiger partial charge in [-0.1, -0.05) is 11.6 Å². The lowest BCUT2D eigenvalue weighted by Crippen LogP contribution is -2.24. The zero-order valence-electron chi connectivity index (χ0n) is 12.2. The van der Waals surface area contributed by atoms with Gasteiger partial charge in [-0.3, -0.25) is 4.98 Å². The lowest BCUT2D eigenvalue weighted by Gasteiger charge is -2.21. The standard InChI is InChI=1S/C18H17FN2O/c19-13-3-4-17-15(10-13)18(12-5-8-20-9-6-12)14-2-1-7-21-16(14)11-22-17/h1-4,7,10,20H,5-6,8-9,11H2. The third kappa shape index (κ3) is 2.29. The Morgan fingerprint density at radius 1 is 1.09 bits per heavy atom. The summed E-state index contributed by atoms with van der Waals surface area (Å²) >= 11 is 0. The number of hydrogen-bond donors (Lipinski definition) is 1. The number of piperidine rings is 1. The van der Waals surface area contributed by atoms with Crippen LogP contribution in [-0.2, 0) is 6.61 Å². The van der Waals surface area contributed by atoms with E-state index in [0.717, 1.165) is 54.1 Å². The molecule has 1 saturated heterocycles. The zero-order chi connectivity index (χ0) is 14.9. The highest BCUT2D eigenvalue weighted by molar-refractivity contribution is 5.86. The van der Waals surface area contributed by atoms with Crippen molar-refractivity contribution in [3.63, 3.8) is 0 Å². The molecule has 112 valence electrons. The molecule has 4 heteroatoms. The van der Waals surface area contributed by atoms with Crippen LogP contribution >= 0.6 is 0 Å². The molecule has 0 radical (unpaired) electrons. The van der Waals surface area contributed by atoms with Crippen molar-refractivity contribution in [2.24, 2.45) is 0 Å². The number of benzene rings is 1. The highest BCUT2D eigenvalue weighted by Crippen LogP contribution is 2.40. The molecule has 0 spiro atoms. The Morgan fingerprint density at radius 2 is 1.95 bits per heavy atom. The molecule has 0 bridgehead atoms. The van der Waals surface area contributed by atoms with E-state index in [0.29, 0.717) is 6.61 Å². The summed E-state index contributed by atoms with van der Waals surface area (Å²) in [6.07, 6.45) is 3.72. The summed E-state index contributed by atoms with van der Waals surface area (Å²) in [5.74, 6) is 0.502. The monoisotopic (exact) mass is 296 g/mol. The molecular formula is C18H17FN2O. The van der Waals surface area contributed by atoms with E-state index in [1.807, 2.05) is 6.07 Å². The lowest BCUT2D eigenvalue weighted by molar-refractivity contribution is 0.302. The molecule has 2 aliphatic rings. The highest BCUT2D eigenvalue weighted by Gasteiger charge is 2.24. The molecule has 22 heavy (non-hydrogen) atoms. The fourth-order valence-corrected chi connectivity index (χ4v) is 3.25. The zero-order valence-corrected chi connectivity index (χ0v) is 12.2. The molecule has 0 aliphatic carbocycles. The van der Waals surface area contributed by atoms with Gasteiger partial charge < -0.3 is 10.1 Å². The summed E-state index contributed by atoms with van der Waals surface area (Å²) in [4.78, 5) is 4.46. The summed E-state index contributed by atoms with van der Waals surface area (Å²) < 4.78 is 19.7. The minimum Gasteiger partial charge on any atom is -0.487 e. The van der Waals surface area contributed by atoms with Crippen LogP contribution in [0.5, 0.6) is 5.75 Å². The van der Waals surface area contributed by atoms with Crippen molar-refractivity contribution in [3.8, 4) is 5.75 Å². The van der Waals surface area contributed by atoms with Crippen LogP contribution in [0, 0.1) is 5.82 Å². The summed E-state index contributed by atoms with van der Waals surface area (Å²) in [6.45, 7) is 2.34. The third-order valence-electron chi connectivity index (χ3n) is 4.30. The van der Waals surface area contributed by atoms with E-state index >= 15 is 0 Å². The second-order valence-electron chi connectivity index (χ2n) is 5.66. The van der Waals surface area contributed by atoms with Crippen LogP contribution in [0.1, 0.15) is 29.7 Å². The molecular weight excluding hydrogens is 279 g/mol. The van der Waals surface area contributed by atoms with Crippen LogP contribution in [0.25, 0.3) is 5.57 Å². The first kappa shape index (κ1) is 13.5. The fraction of sp³-hybridized carbons (Fsp3) is 0.278. The molecule has 0 saturated carbocycles. The van der Waals surface area contributed by atoms with E-state index in [9.17, 15) is 4.39 Å². The fourth-order valence-electron chi connectivity index (χ4n) is 3.25. The van der Waals surface area contributed by atoms with Crippen molar-refractivity contribution in [1.82, 2.24) is 10.3 Å². The average molecular weight is 296 g/mol. The molecule has 2 aromatic rings. The number of rotatable bonds is 0.